The van der Waals surface area contributed by atoms with E-state index in [1.807, 2.05) is 4.90 Å². The average Bonchev–Trinajstić information content (AvgIpc) is 2.80. The molecule has 1 amide bonds. The summed E-state index contributed by atoms with van der Waals surface area (Å²) >= 11 is 5.35. The number of carbonyl (C=O) groups excluding carboxylic acids is 1. The molecule has 2 rings (SSSR count). The molecule has 0 aromatic heterocycles. The van der Waals surface area contributed by atoms with E-state index >= 15 is 0 Å². The van der Waals surface area contributed by atoms with E-state index in [4.69, 9.17) is 4.99 Å². The molecule has 2 aliphatic heterocycles. The fraction of sp³-hybridized carbons (Fsp3) is 0.789. The van der Waals surface area contributed by atoms with E-state index in [2.05, 4.69) is 61.3 Å². The van der Waals surface area contributed by atoms with Gasteiger partial charge in [-0.05, 0) is 88.6 Å². The second kappa shape index (κ2) is 8.57. The van der Waals surface area contributed by atoms with Crippen molar-refractivity contribution in [3.63, 3.8) is 0 Å². The van der Waals surface area contributed by atoms with Crippen molar-refractivity contribution in [3.05, 3.63) is 11.8 Å². The van der Waals surface area contributed by atoms with Crippen LogP contribution in [0.5, 0.6) is 0 Å². The van der Waals surface area contributed by atoms with Crippen molar-refractivity contribution in [2.75, 3.05) is 6.54 Å². The molecule has 0 aliphatic carbocycles. The largest absolute Gasteiger partial charge is 0.340 e. The van der Waals surface area contributed by atoms with Gasteiger partial charge < -0.3 is 4.90 Å². The number of carbonyl (C=O) groups is 1. The van der Waals surface area contributed by atoms with E-state index < -0.39 is 0 Å². The molecule has 2 atom stereocenters. The van der Waals surface area contributed by atoms with Crippen molar-refractivity contribution in [3.8, 4) is 0 Å². The van der Waals surface area contributed by atoms with E-state index in [1.165, 1.54) is 0 Å². The monoisotopic (exact) mass is 429 g/mol. The highest BCUT2D eigenvalue weighted by Crippen LogP contribution is 2.35. The van der Waals surface area contributed by atoms with Crippen molar-refractivity contribution in [2.24, 2.45) is 10.9 Å². The summed E-state index contributed by atoms with van der Waals surface area (Å²) < 4.78 is 4.87. The Bertz CT molecular complexity index is 539. The molecule has 0 saturated carbocycles. The number of nitrogens with zero attached hydrogens (tertiary/aromatic N) is 2. The molecule has 142 valence electrons. The number of halogens is 1. The second-order valence-electron chi connectivity index (χ2n) is 8.76. The van der Waals surface area contributed by atoms with Crippen LogP contribution < -0.4 is 4.72 Å². The van der Waals surface area contributed by atoms with Gasteiger partial charge in [-0.15, -0.1) is 0 Å². The minimum atomic E-state index is -0.0131. The van der Waals surface area contributed by atoms with Gasteiger partial charge in [0.25, 0.3) is 0 Å². The fourth-order valence-electron chi connectivity index (χ4n) is 3.51. The number of likely N-dealkylation sites (tertiary alicyclic amines) is 1. The third kappa shape index (κ3) is 6.40. The van der Waals surface area contributed by atoms with Crippen molar-refractivity contribution >= 4 is 38.9 Å². The smallest absolute Gasteiger partial charge is 0.210 e. The zero-order chi connectivity index (χ0) is 18.7. The third-order valence-electron chi connectivity index (χ3n) is 4.83. The minimum Gasteiger partial charge on any atom is -0.340 e. The molecule has 0 spiro atoms. The molecule has 0 aromatic carbocycles. The molecule has 4 nitrogen and oxygen atoms in total. The van der Waals surface area contributed by atoms with Crippen molar-refractivity contribution in [1.29, 1.82) is 0 Å². The topological polar surface area (TPSA) is 44.7 Å². The predicted molar refractivity (Wildman–Crippen MR) is 112 cm³/mol. The lowest BCUT2D eigenvalue weighted by Gasteiger charge is -2.27. The first-order chi connectivity index (χ1) is 11.6. The zero-order valence-electron chi connectivity index (χ0n) is 16.1. The van der Waals surface area contributed by atoms with Crippen LogP contribution in [0.1, 0.15) is 66.7 Å². The van der Waals surface area contributed by atoms with Gasteiger partial charge in [-0.1, -0.05) is 18.0 Å². The van der Waals surface area contributed by atoms with Crippen LogP contribution >= 0.6 is 27.9 Å². The second-order valence-corrected chi connectivity index (χ2v) is 11.3. The molecule has 0 bridgehead atoms. The number of aliphatic imine (C=N–C) groups is 1. The maximum Gasteiger partial charge on any atom is 0.210 e. The van der Waals surface area contributed by atoms with Crippen LogP contribution in [0.15, 0.2) is 16.8 Å². The lowest BCUT2D eigenvalue weighted by Crippen LogP contribution is -2.36. The van der Waals surface area contributed by atoms with Crippen molar-refractivity contribution in [1.82, 2.24) is 9.62 Å². The van der Waals surface area contributed by atoms with Gasteiger partial charge in [0.05, 0.1) is 16.4 Å². The summed E-state index contributed by atoms with van der Waals surface area (Å²) in [6, 6.07) is 0.255. The van der Waals surface area contributed by atoms with Crippen LogP contribution in [-0.2, 0) is 4.79 Å². The summed E-state index contributed by atoms with van der Waals surface area (Å²) in [5, 5.41) is 0. The third-order valence-corrected chi connectivity index (χ3v) is 6.42. The van der Waals surface area contributed by atoms with Crippen LogP contribution in [0.3, 0.4) is 0 Å². The normalized spacial score (nSPS) is 24.7. The predicted octanol–water partition coefficient (Wildman–Crippen LogP) is 4.90. The Hall–Kier alpha value is -0.330. The molecule has 25 heavy (non-hydrogen) atoms. The molecular formula is C19H32BrN3OS. The summed E-state index contributed by atoms with van der Waals surface area (Å²) in [7, 11) is 0. The SMILES string of the molecule is CC(C)(C)SNC(CCC1CN(C=O)C(C)(C)C1)C1=CCCC(Br)=N1. The molecule has 6 heteroatoms. The number of hydrogen-bond donors (Lipinski definition) is 1. The number of nitrogens with one attached hydrogen (secondary N) is 1. The Morgan fingerprint density at radius 1 is 1.52 bits per heavy atom. The Balaban J connectivity index is 1.99. The molecule has 1 N–H and O–H groups in total. The van der Waals surface area contributed by atoms with Gasteiger partial charge in [0.2, 0.25) is 6.41 Å². The highest BCUT2D eigenvalue weighted by molar-refractivity contribution is 9.18. The van der Waals surface area contributed by atoms with Gasteiger partial charge in [0, 0.05) is 16.8 Å². The number of hydrogen-bond acceptors (Lipinski definition) is 4. The van der Waals surface area contributed by atoms with Crippen LogP contribution in [0.2, 0.25) is 0 Å². The summed E-state index contributed by atoms with van der Waals surface area (Å²) in [5.74, 6) is 0.570. The van der Waals surface area contributed by atoms with Crippen LogP contribution in [-0.4, -0.2) is 38.8 Å². The fourth-order valence-corrected chi connectivity index (χ4v) is 4.68. The lowest BCUT2D eigenvalue weighted by molar-refractivity contribution is -0.120. The summed E-state index contributed by atoms with van der Waals surface area (Å²) in [5.41, 5.74) is 1.14. The van der Waals surface area contributed by atoms with Crippen LogP contribution in [0.25, 0.3) is 0 Å². The van der Waals surface area contributed by atoms with Gasteiger partial charge >= 0.3 is 0 Å². The first-order valence-electron chi connectivity index (χ1n) is 9.19. The highest BCUT2D eigenvalue weighted by Gasteiger charge is 2.37. The Morgan fingerprint density at radius 3 is 2.80 bits per heavy atom. The molecule has 2 unspecified atom stereocenters. The standard InChI is InChI=1S/C19H32BrN3OS/c1-18(2,3)25-22-16(15-7-6-8-17(20)21-15)10-9-14-11-19(4,5)23(12-14)13-24/h7,13-14,16,22H,6,8-12H2,1-5H3. The van der Waals surface area contributed by atoms with E-state index in [9.17, 15) is 4.79 Å². The lowest BCUT2D eigenvalue weighted by atomic mass is 9.91. The van der Waals surface area contributed by atoms with E-state index in [0.29, 0.717) is 5.92 Å². The summed E-state index contributed by atoms with van der Waals surface area (Å²) in [6.07, 6.45) is 8.56. The Labute approximate surface area is 165 Å². The van der Waals surface area contributed by atoms with E-state index in [1.54, 1.807) is 11.9 Å². The Kier molecular flexibility index (Phi) is 7.19. The Morgan fingerprint density at radius 2 is 2.24 bits per heavy atom. The number of amides is 1. The average molecular weight is 430 g/mol. The molecule has 0 aromatic rings. The first-order valence-corrected chi connectivity index (χ1v) is 10.8. The van der Waals surface area contributed by atoms with Crippen molar-refractivity contribution < 1.29 is 4.79 Å². The molecule has 1 fully saturated rings. The molecule has 1 saturated heterocycles. The number of rotatable bonds is 7. The minimum absolute atomic E-state index is 0.0131. The van der Waals surface area contributed by atoms with Crippen LogP contribution in [0.4, 0.5) is 0 Å². The van der Waals surface area contributed by atoms with Gasteiger partial charge in [-0.25, -0.2) is 4.99 Å². The highest BCUT2D eigenvalue weighted by atomic mass is 79.9. The van der Waals surface area contributed by atoms with Crippen molar-refractivity contribution in [2.45, 2.75) is 83.1 Å². The quantitative estimate of drug-likeness (QED) is 0.462. The maximum atomic E-state index is 11.3. The van der Waals surface area contributed by atoms with Gasteiger partial charge in [-0.2, -0.15) is 0 Å². The van der Waals surface area contributed by atoms with Crippen LogP contribution in [0, 0.1) is 5.92 Å². The van der Waals surface area contributed by atoms with E-state index in [-0.39, 0.29) is 16.3 Å². The van der Waals surface area contributed by atoms with Gasteiger partial charge in [-0.3, -0.25) is 9.52 Å². The molecule has 2 aliphatic rings. The van der Waals surface area contributed by atoms with Gasteiger partial charge in [0.15, 0.2) is 0 Å². The van der Waals surface area contributed by atoms with Gasteiger partial charge in [0.1, 0.15) is 0 Å². The molecule has 0 radical (unpaired) electrons. The maximum absolute atomic E-state index is 11.3. The zero-order valence-corrected chi connectivity index (χ0v) is 18.5. The number of allylic oxidation sites excluding steroid dienone is 1. The van der Waals surface area contributed by atoms with E-state index in [0.717, 1.165) is 55.4 Å². The summed E-state index contributed by atoms with van der Waals surface area (Å²) in [4.78, 5) is 18.0. The first kappa shape index (κ1) is 21.0. The molecular weight excluding hydrogens is 398 g/mol. The summed E-state index contributed by atoms with van der Waals surface area (Å²) in [6.45, 7) is 11.9. The molecule has 2 heterocycles.